The van der Waals surface area contributed by atoms with Crippen LogP contribution in [0.4, 0.5) is 0 Å². The summed E-state index contributed by atoms with van der Waals surface area (Å²) in [5.41, 5.74) is 0.779. The molecule has 0 amide bonds. The molecule has 0 aliphatic heterocycles. The standard InChI is InChI=1S/C12H13N3O/c16-12(11-5-2-1-3-6-11)7-4-8-15-10-13-9-14-15/h1-3,5-6,9-10H,4,7-8H2. The predicted molar refractivity (Wildman–Crippen MR) is 60.0 cm³/mol. The van der Waals surface area contributed by atoms with E-state index in [1.165, 1.54) is 6.33 Å². The second-order valence-corrected chi connectivity index (χ2v) is 3.55. The molecule has 0 radical (unpaired) electrons. The van der Waals surface area contributed by atoms with Crippen molar-refractivity contribution < 1.29 is 4.79 Å². The Labute approximate surface area is 93.9 Å². The van der Waals surface area contributed by atoms with Crippen LogP contribution in [0.25, 0.3) is 0 Å². The van der Waals surface area contributed by atoms with Gasteiger partial charge in [-0.1, -0.05) is 30.3 Å². The average molecular weight is 215 g/mol. The van der Waals surface area contributed by atoms with Gasteiger partial charge in [0, 0.05) is 18.5 Å². The fourth-order valence-electron chi connectivity index (χ4n) is 1.52. The van der Waals surface area contributed by atoms with Gasteiger partial charge in [-0.15, -0.1) is 0 Å². The third-order valence-corrected chi connectivity index (χ3v) is 2.35. The number of aryl methyl sites for hydroxylation is 1. The number of hydrogen-bond acceptors (Lipinski definition) is 3. The lowest BCUT2D eigenvalue weighted by Crippen LogP contribution is -2.03. The Bertz CT molecular complexity index is 437. The fourth-order valence-corrected chi connectivity index (χ4v) is 1.52. The van der Waals surface area contributed by atoms with Crippen LogP contribution in [0, 0.1) is 0 Å². The van der Waals surface area contributed by atoms with Crippen molar-refractivity contribution in [3.63, 3.8) is 0 Å². The van der Waals surface area contributed by atoms with Crippen LogP contribution in [-0.4, -0.2) is 20.5 Å². The molecule has 0 fully saturated rings. The number of Topliss-reactive ketones (excluding diaryl/α,β-unsaturated/α-hetero) is 1. The predicted octanol–water partition coefficient (Wildman–Crippen LogP) is 1.94. The normalized spacial score (nSPS) is 10.2. The quantitative estimate of drug-likeness (QED) is 0.716. The van der Waals surface area contributed by atoms with E-state index >= 15 is 0 Å². The topological polar surface area (TPSA) is 47.8 Å². The van der Waals surface area contributed by atoms with Crippen LogP contribution in [0.2, 0.25) is 0 Å². The zero-order chi connectivity index (χ0) is 11.2. The zero-order valence-corrected chi connectivity index (χ0v) is 8.91. The zero-order valence-electron chi connectivity index (χ0n) is 8.91. The Hall–Kier alpha value is -1.97. The van der Waals surface area contributed by atoms with Gasteiger partial charge < -0.3 is 0 Å². The van der Waals surface area contributed by atoms with Gasteiger partial charge in [0.1, 0.15) is 12.7 Å². The monoisotopic (exact) mass is 215 g/mol. The van der Waals surface area contributed by atoms with Crippen molar-refractivity contribution in [2.75, 3.05) is 0 Å². The fraction of sp³-hybridized carbons (Fsp3) is 0.250. The van der Waals surface area contributed by atoms with Gasteiger partial charge in [0.25, 0.3) is 0 Å². The van der Waals surface area contributed by atoms with E-state index in [0.29, 0.717) is 6.42 Å². The van der Waals surface area contributed by atoms with E-state index in [0.717, 1.165) is 18.5 Å². The number of rotatable bonds is 5. The summed E-state index contributed by atoms with van der Waals surface area (Å²) in [6.07, 6.45) is 4.49. The molecule has 0 aliphatic carbocycles. The SMILES string of the molecule is O=C(CCCn1cncn1)c1ccccc1. The summed E-state index contributed by atoms with van der Waals surface area (Å²) in [4.78, 5) is 15.6. The molecule has 4 nitrogen and oxygen atoms in total. The van der Waals surface area contributed by atoms with E-state index in [1.807, 2.05) is 30.3 Å². The van der Waals surface area contributed by atoms with Gasteiger partial charge in [0.15, 0.2) is 5.78 Å². The Morgan fingerprint density at radius 3 is 2.75 bits per heavy atom. The maximum atomic E-state index is 11.7. The number of ketones is 1. The first kappa shape index (κ1) is 10.5. The van der Waals surface area contributed by atoms with Crippen molar-refractivity contribution in [3.05, 3.63) is 48.5 Å². The molecule has 0 bridgehead atoms. The molecule has 0 spiro atoms. The number of benzene rings is 1. The Morgan fingerprint density at radius 1 is 1.25 bits per heavy atom. The van der Waals surface area contributed by atoms with Crippen molar-refractivity contribution in [1.29, 1.82) is 0 Å². The van der Waals surface area contributed by atoms with Gasteiger partial charge in [-0.25, -0.2) is 4.98 Å². The first-order valence-electron chi connectivity index (χ1n) is 5.27. The highest BCUT2D eigenvalue weighted by atomic mass is 16.1. The van der Waals surface area contributed by atoms with E-state index in [9.17, 15) is 4.79 Å². The molecule has 1 aromatic heterocycles. The molecule has 0 atom stereocenters. The minimum atomic E-state index is 0.181. The van der Waals surface area contributed by atoms with E-state index < -0.39 is 0 Å². The molecule has 2 aromatic rings. The van der Waals surface area contributed by atoms with Crippen LogP contribution in [0.5, 0.6) is 0 Å². The molecule has 0 N–H and O–H groups in total. The molecular formula is C12H13N3O. The summed E-state index contributed by atoms with van der Waals surface area (Å²) in [6.45, 7) is 0.735. The molecule has 0 aliphatic rings. The Kier molecular flexibility index (Phi) is 3.43. The second-order valence-electron chi connectivity index (χ2n) is 3.55. The molecular weight excluding hydrogens is 202 g/mol. The summed E-state index contributed by atoms with van der Waals surface area (Å²) >= 11 is 0. The van der Waals surface area contributed by atoms with E-state index in [4.69, 9.17) is 0 Å². The number of carbonyl (C=O) groups excluding carboxylic acids is 1. The molecule has 0 saturated carbocycles. The summed E-state index contributed by atoms with van der Waals surface area (Å²) in [5.74, 6) is 0.181. The van der Waals surface area contributed by atoms with Crippen molar-refractivity contribution in [1.82, 2.24) is 14.8 Å². The van der Waals surface area contributed by atoms with Crippen molar-refractivity contribution >= 4 is 5.78 Å². The van der Waals surface area contributed by atoms with Crippen LogP contribution in [0.3, 0.4) is 0 Å². The maximum Gasteiger partial charge on any atom is 0.162 e. The maximum absolute atomic E-state index is 11.7. The van der Waals surface area contributed by atoms with Crippen molar-refractivity contribution in [2.45, 2.75) is 19.4 Å². The number of nitrogens with zero attached hydrogens (tertiary/aromatic N) is 3. The molecule has 0 saturated heterocycles. The molecule has 1 heterocycles. The van der Waals surface area contributed by atoms with Crippen LogP contribution in [0.1, 0.15) is 23.2 Å². The van der Waals surface area contributed by atoms with E-state index in [1.54, 1.807) is 11.0 Å². The van der Waals surface area contributed by atoms with Gasteiger partial charge in [-0.05, 0) is 6.42 Å². The van der Waals surface area contributed by atoms with Crippen LogP contribution in [0.15, 0.2) is 43.0 Å². The summed E-state index contributed by atoms with van der Waals surface area (Å²) in [5, 5.41) is 3.98. The Balaban J connectivity index is 1.81. The molecule has 16 heavy (non-hydrogen) atoms. The summed E-state index contributed by atoms with van der Waals surface area (Å²) < 4.78 is 1.73. The first-order chi connectivity index (χ1) is 7.86. The smallest absolute Gasteiger partial charge is 0.162 e. The van der Waals surface area contributed by atoms with E-state index in [2.05, 4.69) is 10.1 Å². The van der Waals surface area contributed by atoms with Gasteiger partial charge in [-0.3, -0.25) is 9.48 Å². The van der Waals surface area contributed by atoms with Gasteiger partial charge in [0.2, 0.25) is 0 Å². The Morgan fingerprint density at radius 2 is 2.06 bits per heavy atom. The third-order valence-electron chi connectivity index (χ3n) is 2.35. The van der Waals surface area contributed by atoms with Gasteiger partial charge >= 0.3 is 0 Å². The highest BCUT2D eigenvalue weighted by molar-refractivity contribution is 5.95. The lowest BCUT2D eigenvalue weighted by molar-refractivity contribution is 0.0978. The molecule has 2 rings (SSSR count). The van der Waals surface area contributed by atoms with Crippen molar-refractivity contribution in [3.8, 4) is 0 Å². The van der Waals surface area contributed by atoms with E-state index in [-0.39, 0.29) is 5.78 Å². The first-order valence-corrected chi connectivity index (χ1v) is 5.27. The number of carbonyl (C=O) groups is 1. The number of aromatic nitrogens is 3. The van der Waals surface area contributed by atoms with Gasteiger partial charge in [0.05, 0.1) is 0 Å². The second kappa shape index (κ2) is 5.21. The minimum absolute atomic E-state index is 0.181. The lowest BCUT2D eigenvalue weighted by Gasteiger charge is -2.01. The highest BCUT2D eigenvalue weighted by Gasteiger charge is 2.04. The van der Waals surface area contributed by atoms with Crippen LogP contribution >= 0.6 is 0 Å². The highest BCUT2D eigenvalue weighted by Crippen LogP contribution is 2.05. The summed E-state index contributed by atoms with van der Waals surface area (Å²) in [7, 11) is 0. The average Bonchev–Trinajstić information content (AvgIpc) is 2.83. The van der Waals surface area contributed by atoms with Crippen molar-refractivity contribution in [2.24, 2.45) is 0 Å². The van der Waals surface area contributed by atoms with Crippen LogP contribution < -0.4 is 0 Å². The minimum Gasteiger partial charge on any atom is -0.294 e. The lowest BCUT2D eigenvalue weighted by atomic mass is 10.1. The molecule has 4 heteroatoms. The molecule has 0 unspecified atom stereocenters. The van der Waals surface area contributed by atoms with Crippen LogP contribution in [-0.2, 0) is 6.54 Å². The van der Waals surface area contributed by atoms with Gasteiger partial charge in [-0.2, -0.15) is 5.10 Å². The summed E-state index contributed by atoms with van der Waals surface area (Å²) in [6, 6.07) is 9.36. The third kappa shape index (κ3) is 2.76. The number of hydrogen-bond donors (Lipinski definition) is 0. The largest absolute Gasteiger partial charge is 0.294 e. The molecule has 1 aromatic carbocycles. The molecule has 82 valence electrons.